The molecule has 0 radical (unpaired) electrons. The largest absolute Gasteiger partial charge is 0.450 e. The molecule has 28 heavy (non-hydrogen) atoms. The van der Waals surface area contributed by atoms with Crippen molar-refractivity contribution in [1.29, 1.82) is 0 Å². The zero-order valence-electron chi connectivity index (χ0n) is 17.8. The van der Waals surface area contributed by atoms with Gasteiger partial charge in [0.05, 0.1) is 0 Å². The van der Waals surface area contributed by atoms with Crippen LogP contribution in [0, 0.1) is 35.0 Å². The van der Waals surface area contributed by atoms with Gasteiger partial charge in [0, 0.05) is 18.3 Å². The van der Waals surface area contributed by atoms with Crippen molar-refractivity contribution in [2.45, 2.75) is 84.7 Å². The monoisotopic (exact) mass is 386 g/mol. The summed E-state index contributed by atoms with van der Waals surface area (Å²) in [5.74, 6) is 2.60. The van der Waals surface area contributed by atoms with Crippen LogP contribution in [0.1, 0.15) is 79.1 Å². The lowest BCUT2D eigenvalue weighted by Gasteiger charge is -2.56. The van der Waals surface area contributed by atoms with E-state index >= 15 is 0 Å². The highest BCUT2D eigenvalue weighted by atomic mass is 16.6. The molecule has 4 nitrogen and oxygen atoms in total. The van der Waals surface area contributed by atoms with E-state index in [4.69, 9.17) is 4.74 Å². The van der Waals surface area contributed by atoms with Crippen LogP contribution < -0.4 is 0 Å². The summed E-state index contributed by atoms with van der Waals surface area (Å²) in [4.78, 5) is 37.1. The van der Waals surface area contributed by atoms with Gasteiger partial charge in [-0.1, -0.05) is 26.3 Å². The van der Waals surface area contributed by atoms with Gasteiger partial charge in [0.1, 0.15) is 0 Å². The van der Waals surface area contributed by atoms with Crippen LogP contribution in [0.2, 0.25) is 0 Å². The molecule has 4 aliphatic rings. The second-order valence-corrected chi connectivity index (χ2v) is 10.0. The highest BCUT2D eigenvalue weighted by Gasteiger charge is 2.67. The molecule has 4 rings (SSSR count). The van der Waals surface area contributed by atoms with E-state index in [1.54, 1.807) is 13.8 Å². The van der Waals surface area contributed by atoms with Gasteiger partial charge in [0.25, 0.3) is 0 Å². The van der Waals surface area contributed by atoms with E-state index in [0.717, 1.165) is 32.1 Å². The van der Waals surface area contributed by atoms with Crippen LogP contribution in [0.15, 0.2) is 11.6 Å². The normalized spacial score (nSPS) is 44.8. The molecule has 0 unspecified atom stereocenters. The molecule has 0 bridgehead atoms. The summed E-state index contributed by atoms with van der Waals surface area (Å²) < 4.78 is 5.96. The minimum atomic E-state index is -0.947. The third-order valence-electron chi connectivity index (χ3n) is 8.93. The second-order valence-electron chi connectivity index (χ2n) is 10.0. The van der Waals surface area contributed by atoms with Gasteiger partial charge in [-0.25, -0.2) is 0 Å². The van der Waals surface area contributed by atoms with Crippen molar-refractivity contribution in [2.24, 2.45) is 35.0 Å². The standard InChI is InChI=1S/C24H34O4/c1-5-22(27)28-24(15(3)25)11-9-21-20-12-14(2)19-13-16(26)6-7-17(19)18(20)8-10-23(21,24)4/h13-14,17-18,20-21H,5-12H2,1-4H3/t14-,17+,18+,20+,21-,23-,24-/m0/s1. The van der Waals surface area contributed by atoms with Gasteiger partial charge in [0.2, 0.25) is 0 Å². The van der Waals surface area contributed by atoms with Gasteiger partial charge in [0.15, 0.2) is 17.2 Å². The maximum atomic E-state index is 12.8. The van der Waals surface area contributed by atoms with E-state index in [-0.39, 0.29) is 17.2 Å². The molecule has 0 saturated heterocycles. The zero-order chi connectivity index (χ0) is 20.3. The number of hydrogen-bond acceptors (Lipinski definition) is 4. The van der Waals surface area contributed by atoms with Crippen LogP contribution in [0.4, 0.5) is 0 Å². The first-order valence-electron chi connectivity index (χ1n) is 11.2. The molecular weight excluding hydrogens is 352 g/mol. The summed E-state index contributed by atoms with van der Waals surface area (Å²) >= 11 is 0. The molecule has 0 aromatic rings. The average molecular weight is 387 g/mol. The lowest BCUT2D eigenvalue weighted by Crippen LogP contribution is -2.58. The Labute approximate surface area is 168 Å². The third kappa shape index (κ3) is 2.66. The van der Waals surface area contributed by atoms with Crippen LogP contribution in [-0.2, 0) is 19.1 Å². The minimum absolute atomic E-state index is 0.0189. The maximum Gasteiger partial charge on any atom is 0.306 e. The number of ether oxygens (including phenoxy) is 1. The Morgan fingerprint density at radius 2 is 1.93 bits per heavy atom. The van der Waals surface area contributed by atoms with E-state index in [0.29, 0.717) is 54.6 Å². The number of allylic oxidation sites excluding steroid dienone is 1. The molecular formula is C24H34O4. The molecule has 3 saturated carbocycles. The summed E-state index contributed by atoms with van der Waals surface area (Å²) in [5.41, 5.74) is 0.169. The van der Waals surface area contributed by atoms with Crippen LogP contribution >= 0.6 is 0 Å². The Morgan fingerprint density at radius 1 is 1.18 bits per heavy atom. The topological polar surface area (TPSA) is 60.4 Å². The minimum Gasteiger partial charge on any atom is -0.450 e. The lowest BCUT2D eigenvalue weighted by molar-refractivity contribution is -0.187. The number of Topliss-reactive ketones (excluding diaryl/α,β-unsaturated/α-hetero) is 1. The van der Waals surface area contributed by atoms with E-state index in [1.807, 2.05) is 6.08 Å². The Morgan fingerprint density at radius 3 is 2.61 bits per heavy atom. The molecule has 7 atom stereocenters. The quantitative estimate of drug-likeness (QED) is 0.662. The predicted molar refractivity (Wildman–Crippen MR) is 106 cm³/mol. The number of carbonyl (C=O) groups excluding carboxylic acids is 3. The van der Waals surface area contributed by atoms with E-state index in [2.05, 4.69) is 13.8 Å². The second kappa shape index (κ2) is 6.81. The molecule has 0 aromatic heterocycles. The van der Waals surface area contributed by atoms with Gasteiger partial charge in [-0.05, 0) is 81.1 Å². The highest BCUT2D eigenvalue weighted by Crippen LogP contribution is 2.66. The van der Waals surface area contributed by atoms with Crippen LogP contribution in [-0.4, -0.2) is 23.1 Å². The van der Waals surface area contributed by atoms with Crippen molar-refractivity contribution in [1.82, 2.24) is 0 Å². The first-order valence-corrected chi connectivity index (χ1v) is 11.2. The third-order valence-corrected chi connectivity index (χ3v) is 8.93. The Hall–Kier alpha value is -1.45. The molecule has 4 heteroatoms. The number of esters is 1. The van der Waals surface area contributed by atoms with Crippen molar-refractivity contribution in [3.8, 4) is 0 Å². The summed E-state index contributed by atoms with van der Waals surface area (Å²) in [6.45, 7) is 7.89. The maximum absolute atomic E-state index is 12.8. The number of carbonyl (C=O) groups is 3. The summed E-state index contributed by atoms with van der Waals surface area (Å²) in [6.07, 6.45) is 8.64. The van der Waals surface area contributed by atoms with Crippen LogP contribution in [0.25, 0.3) is 0 Å². The van der Waals surface area contributed by atoms with Crippen molar-refractivity contribution >= 4 is 17.5 Å². The molecule has 0 heterocycles. The lowest BCUT2D eigenvalue weighted by atomic mass is 9.49. The number of rotatable bonds is 3. The fraction of sp³-hybridized carbons (Fsp3) is 0.792. The van der Waals surface area contributed by atoms with Gasteiger partial charge in [-0.15, -0.1) is 0 Å². The molecule has 0 N–H and O–H groups in total. The number of hydrogen-bond donors (Lipinski definition) is 0. The van der Waals surface area contributed by atoms with Gasteiger partial charge < -0.3 is 4.74 Å². The number of ketones is 2. The molecule has 0 spiro atoms. The first-order chi connectivity index (χ1) is 13.2. The predicted octanol–water partition coefficient (Wildman–Crippen LogP) is 4.66. The molecule has 154 valence electrons. The van der Waals surface area contributed by atoms with E-state index in [9.17, 15) is 14.4 Å². The van der Waals surface area contributed by atoms with E-state index in [1.165, 1.54) is 5.57 Å². The van der Waals surface area contributed by atoms with Crippen molar-refractivity contribution in [3.05, 3.63) is 11.6 Å². The smallest absolute Gasteiger partial charge is 0.306 e. The summed E-state index contributed by atoms with van der Waals surface area (Å²) in [6, 6.07) is 0. The molecule has 3 fully saturated rings. The Kier molecular flexibility index (Phi) is 4.83. The van der Waals surface area contributed by atoms with Crippen molar-refractivity contribution < 1.29 is 19.1 Å². The SMILES string of the molecule is CCC(=O)O[C@]1(C(C)=O)CC[C@H]2[C@@H]3C[C@H](C)C4=CC(=O)CC[C@@H]4[C@H]3CC[C@@]21C. The fourth-order valence-electron chi connectivity index (χ4n) is 7.58. The number of fused-ring (bicyclic) bond motifs is 5. The van der Waals surface area contributed by atoms with Gasteiger partial charge in [-0.3, -0.25) is 14.4 Å². The first kappa shape index (κ1) is 19.8. The summed E-state index contributed by atoms with van der Waals surface area (Å²) in [7, 11) is 0. The van der Waals surface area contributed by atoms with Crippen molar-refractivity contribution in [3.63, 3.8) is 0 Å². The molecule has 0 aliphatic heterocycles. The van der Waals surface area contributed by atoms with Gasteiger partial charge >= 0.3 is 5.97 Å². The highest BCUT2D eigenvalue weighted by molar-refractivity contribution is 5.91. The fourth-order valence-corrected chi connectivity index (χ4v) is 7.58. The molecule has 4 aliphatic carbocycles. The zero-order valence-corrected chi connectivity index (χ0v) is 17.8. The Bertz CT molecular complexity index is 737. The average Bonchev–Trinajstić information content (AvgIpc) is 2.96. The molecule has 0 amide bonds. The molecule has 0 aromatic carbocycles. The Balaban J connectivity index is 1.68. The van der Waals surface area contributed by atoms with Crippen molar-refractivity contribution in [2.75, 3.05) is 0 Å². The van der Waals surface area contributed by atoms with E-state index < -0.39 is 5.60 Å². The van der Waals surface area contributed by atoms with Crippen LogP contribution in [0.5, 0.6) is 0 Å². The summed E-state index contributed by atoms with van der Waals surface area (Å²) in [5, 5.41) is 0. The van der Waals surface area contributed by atoms with Crippen LogP contribution in [0.3, 0.4) is 0 Å². The van der Waals surface area contributed by atoms with Gasteiger partial charge in [-0.2, -0.15) is 0 Å².